The normalized spacial score (nSPS) is 27.3. The van der Waals surface area contributed by atoms with Gasteiger partial charge in [0.25, 0.3) is 5.56 Å². The van der Waals surface area contributed by atoms with Gasteiger partial charge in [0.1, 0.15) is 18.3 Å². The zero-order valence-corrected chi connectivity index (χ0v) is 19.9. The summed E-state index contributed by atoms with van der Waals surface area (Å²) in [5.41, 5.74) is -1.65. The molecule has 2 radical (unpaired) electrons. The van der Waals surface area contributed by atoms with Crippen molar-refractivity contribution in [2.24, 2.45) is 0 Å². The maximum atomic E-state index is 11.7. The number of nitrogens with one attached hydrogen (secondary N) is 1. The van der Waals surface area contributed by atoms with Gasteiger partial charge >= 0.3 is 21.3 Å². The van der Waals surface area contributed by atoms with Gasteiger partial charge < -0.3 is 29.6 Å². The van der Waals surface area contributed by atoms with Crippen LogP contribution in [-0.2, 0) is 22.7 Å². The van der Waals surface area contributed by atoms with E-state index >= 15 is 0 Å². The first-order chi connectivity index (χ1) is 11.4. The van der Waals surface area contributed by atoms with Gasteiger partial charge in [-0.2, -0.15) is 4.31 Å². The molecular weight excluding hydrogens is 436 g/mol. The van der Waals surface area contributed by atoms with E-state index in [4.69, 9.17) is 19.4 Å². The molecule has 1 aromatic rings. The second kappa shape index (κ2) is 10.7. The molecule has 27 heavy (non-hydrogen) atoms. The average Bonchev–Trinajstić information content (AvgIpc) is 2.71. The molecule has 0 saturated carbocycles. The molecule has 2 heterocycles. The Labute approximate surface area is 194 Å². The van der Waals surface area contributed by atoms with Crippen LogP contribution in [0.1, 0.15) is 6.23 Å². The van der Waals surface area contributed by atoms with Crippen molar-refractivity contribution >= 4 is 74.8 Å². The largest absolute Gasteiger partial charge is 0.481 e. The summed E-state index contributed by atoms with van der Waals surface area (Å²) in [4.78, 5) is 50.7. The van der Waals surface area contributed by atoms with Gasteiger partial charge in [-0.05, 0) is 0 Å². The summed E-state index contributed by atoms with van der Waals surface area (Å²) in [5.74, 6) is 0. The minimum absolute atomic E-state index is 0. The predicted molar refractivity (Wildman–Crippen MR) is 87.7 cm³/mol. The van der Waals surface area contributed by atoms with E-state index in [1.54, 1.807) is 0 Å². The Hall–Kier alpha value is 0.820. The second-order valence-electron chi connectivity index (χ2n) is 4.90. The number of H-pyrrole nitrogens is 1. The van der Waals surface area contributed by atoms with Crippen molar-refractivity contribution < 1.29 is 47.6 Å². The molecule has 1 aliphatic rings. The Morgan fingerprint density at radius 3 is 2.26 bits per heavy atom. The van der Waals surface area contributed by atoms with E-state index in [0.717, 1.165) is 16.8 Å². The van der Waals surface area contributed by atoms with Crippen molar-refractivity contribution in [2.75, 3.05) is 6.61 Å². The Morgan fingerprint density at radius 1 is 1.15 bits per heavy atom. The van der Waals surface area contributed by atoms with Crippen molar-refractivity contribution in [3.63, 3.8) is 0 Å². The first kappa shape index (κ1) is 27.8. The van der Waals surface area contributed by atoms with Crippen LogP contribution in [0.4, 0.5) is 0 Å². The van der Waals surface area contributed by atoms with Crippen molar-refractivity contribution in [1.82, 2.24) is 9.55 Å². The quantitative estimate of drug-likeness (QED) is 0.185. The summed E-state index contributed by atoms with van der Waals surface area (Å²) in [5, 5.41) is 19.8. The smallest absolute Gasteiger partial charge is 0.387 e. The number of phosphoric ester groups is 1. The van der Waals surface area contributed by atoms with Gasteiger partial charge in [0.2, 0.25) is 0 Å². The van der Waals surface area contributed by atoms with Crippen LogP contribution in [-0.4, -0.2) is 118 Å². The molecule has 1 unspecified atom stereocenters. The number of ether oxygens (including phenoxy) is 1. The Balaban J connectivity index is 0.00000338. The Kier molecular flexibility index (Phi) is 11.1. The summed E-state index contributed by atoms with van der Waals surface area (Å²) < 4.78 is 35.6. The number of aliphatic hydroxyl groups excluding tert-OH is 2. The molecule has 0 amide bonds. The fraction of sp³-hybridized carbons (Fsp3) is 0.556. The van der Waals surface area contributed by atoms with Crippen molar-refractivity contribution in [3.8, 4) is 0 Å². The first-order valence-corrected chi connectivity index (χ1v) is 9.49. The van der Waals surface area contributed by atoms with Crippen LogP contribution in [0.5, 0.6) is 0 Å². The van der Waals surface area contributed by atoms with Crippen LogP contribution in [0.3, 0.4) is 0 Å². The maximum absolute atomic E-state index is 11.7. The standard InChI is InChI=1S/C9H14N2O12P2.2Na/c12-5-1-2-11(9(15)10-5)8-7(14)6(13)4(22-8)3-21-25(19,20)23-24(16,17)18;;/h1-2,4,6-8,13-14H,3H2,(H,19,20)(H,10,12,15)(H2,16,17,18);;/t4-,6-,7-,8-;;/m1../s1. The van der Waals surface area contributed by atoms with Gasteiger partial charge in [-0.1, -0.05) is 0 Å². The van der Waals surface area contributed by atoms with Gasteiger partial charge in [-0.15, -0.1) is 0 Å². The van der Waals surface area contributed by atoms with E-state index in [-0.39, 0.29) is 59.1 Å². The van der Waals surface area contributed by atoms with Gasteiger partial charge in [-0.25, -0.2) is 13.9 Å². The van der Waals surface area contributed by atoms with E-state index in [0.29, 0.717) is 0 Å². The summed E-state index contributed by atoms with van der Waals surface area (Å²) in [6, 6.07) is 0.962. The van der Waals surface area contributed by atoms with Crippen molar-refractivity contribution in [2.45, 2.75) is 24.5 Å². The van der Waals surface area contributed by atoms with Crippen LogP contribution in [0.15, 0.2) is 21.9 Å². The number of hydrogen-bond acceptors (Lipinski definition) is 9. The van der Waals surface area contributed by atoms with Crippen LogP contribution in [0, 0.1) is 0 Å². The zero-order valence-electron chi connectivity index (χ0n) is 14.1. The van der Waals surface area contributed by atoms with Crippen LogP contribution in [0.2, 0.25) is 0 Å². The number of aromatic amines is 1. The number of phosphoric acid groups is 2. The van der Waals surface area contributed by atoms with Crippen LogP contribution in [0.25, 0.3) is 0 Å². The summed E-state index contributed by atoms with van der Waals surface area (Å²) >= 11 is 0. The number of aliphatic hydroxyl groups is 2. The predicted octanol–water partition coefficient (Wildman–Crippen LogP) is -3.38. The Bertz CT molecular complexity index is 839. The minimum Gasteiger partial charge on any atom is -0.387 e. The molecule has 1 saturated heterocycles. The van der Waals surface area contributed by atoms with Gasteiger partial charge in [0, 0.05) is 71.4 Å². The first-order valence-electron chi connectivity index (χ1n) is 6.47. The number of hydrogen-bond donors (Lipinski definition) is 6. The molecule has 1 aromatic heterocycles. The van der Waals surface area contributed by atoms with E-state index < -0.39 is 58.0 Å². The van der Waals surface area contributed by atoms with Crippen LogP contribution >= 0.6 is 15.6 Å². The van der Waals surface area contributed by atoms with E-state index in [2.05, 4.69) is 8.83 Å². The maximum Gasteiger partial charge on any atom is 0.481 e. The fourth-order valence-corrected chi connectivity index (χ4v) is 3.65. The molecule has 14 nitrogen and oxygen atoms in total. The monoisotopic (exact) mass is 450 g/mol. The third kappa shape index (κ3) is 7.87. The van der Waals surface area contributed by atoms with E-state index in [1.165, 1.54) is 0 Å². The molecule has 2 rings (SSSR count). The molecule has 0 bridgehead atoms. The van der Waals surface area contributed by atoms with Gasteiger partial charge in [-0.3, -0.25) is 18.9 Å². The Morgan fingerprint density at radius 2 is 1.74 bits per heavy atom. The molecule has 6 N–H and O–H groups in total. The third-order valence-electron chi connectivity index (χ3n) is 3.07. The topological polar surface area (TPSA) is 218 Å². The number of aromatic nitrogens is 2. The molecule has 18 heteroatoms. The molecule has 5 atom stereocenters. The minimum atomic E-state index is -5.32. The number of rotatable bonds is 6. The summed E-state index contributed by atoms with van der Waals surface area (Å²) in [6.07, 6.45) is -5.25. The van der Waals surface area contributed by atoms with E-state index in [1.807, 2.05) is 4.98 Å². The molecule has 1 fully saturated rings. The van der Waals surface area contributed by atoms with Crippen molar-refractivity contribution in [1.29, 1.82) is 0 Å². The van der Waals surface area contributed by atoms with Crippen molar-refractivity contribution in [3.05, 3.63) is 33.1 Å². The second-order valence-corrected chi connectivity index (χ2v) is 7.73. The van der Waals surface area contributed by atoms with Crippen LogP contribution < -0.4 is 11.2 Å². The molecule has 144 valence electrons. The molecule has 0 spiro atoms. The summed E-state index contributed by atoms with van der Waals surface area (Å²) in [7, 11) is -10.5. The summed E-state index contributed by atoms with van der Waals surface area (Å²) in [6.45, 7) is -0.902. The molecule has 1 aliphatic heterocycles. The van der Waals surface area contributed by atoms with Gasteiger partial charge in [0.05, 0.1) is 6.61 Å². The molecule has 0 aromatic carbocycles. The molecule has 0 aliphatic carbocycles. The zero-order chi connectivity index (χ0) is 19.0. The molecular formula is C9H14N2Na2O12P2. The SMILES string of the molecule is O=c1ccn([C@@H]2O[C@H](COP(=O)(O)OP(=O)(O)O)[C@@H](O)[C@H]2O)c(=O)[nH]1.[Na].[Na]. The van der Waals surface area contributed by atoms with E-state index in [9.17, 15) is 28.9 Å². The fourth-order valence-electron chi connectivity index (χ4n) is 2.05. The van der Waals surface area contributed by atoms with Gasteiger partial charge in [0.15, 0.2) is 6.23 Å². The number of nitrogens with zero attached hydrogens (tertiary/aromatic N) is 1. The average molecular weight is 450 g/mol. The third-order valence-corrected chi connectivity index (χ3v) is 5.23.